The second-order valence-corrected chi connectivity index (χ2v) is 7.82. The Morgan fingerprint density at radius 3 is 2.71 bits per heavy atom. The first-order valence-corrected chi connectivity index (χ1v) is 9.23. The molecule has 0 radical (unpaired) electrons. The fourth-order valence-electron chi connectivity index (χ4n) is 1.71. The fraction of sp³-hybridized carbons (Fsp3) is 0.214. The largest absolute Gasteiger partial charge is 0.348 e. The zero-order chi connectivity index (χ0) is 15.5. The van der Waals surface area contributed by atoms with Crippen molar-refractivity contribution in [3.05, 3.63) is 51.2 Å². The summed E-state index contributed by atoms with van der Waals surface area (Å²) >= 11 is 7.53. The summed E-state index contributed by atoms with van der Waals surface area (Å²) in [6.07, 6.45) is 0. The minimum absolute atomic E-state index is 0.0232. The van der Waals surface area contributed by atoms with Gasteiger partial charge in [0.25, 0.3) is 5.91 Å². The van der Waals surface area contributed by atoms with Gasteiger partial charge in [0, 0.05) is 6.54 Å². The molecule has 1 heterocycles. The van der Waals surface area contributed by atoms with Crippen molar-refractivity contribution in [3.63, 3.8) is 0 Å². The third-order valence-electron chi connectivity index (χ3n) is 2.95. The van der Waals surface area contributed by atoms with Crippen LogP contribution in [0.5, 0.6) is 0 Å². The van der Waals surface area contributed by atoms with Gasteiger partial charge < -0.3 is 5.32 Å². The van der Waals surface area contributed by atoms with Gasteiger partial charge in [0.05, 0.1) is 21.2 Å². The lowest BCUT2D eigenvalue weighted by Crippen LogP contribution is -2.23. The van der Waals surface area contributed by atoms with Crippen molar-refractivity contribution in [2.45, 2.75) is 18.4 Å². The predicted molar refractivity (Wildman–Crippen MR) is 84.7 cm³/mol. The van der Waals surface area contributed by atoms with Gasteiger partial charge in [-0.25, -0.2) is 8.42 Å². The maximum absolute atomic E-state index is 12.1. The number of benzene rings is 1. The highest BCUT2D eigenvalue weighted by Crippen LogP contribution is 2.21. The van der Waals surface area contributed by atoms with Crippen LogP contribution in [0.15, 0.2) is 39.9 Å². The summed E-state index contributed by atoms with van der Waals surface area (Å²) in [5, 5.41) is 6.81. The van der Waals surface area contributed by atoms with Crippen molar-refractivity contribution in [3.8, 4) is 0 Å². The molecule has 0 aliphatic heterocycles. The highest BCUT2D eigenvalue weighted by molar-refractivity contribution is 7.91. The molecule has 112 valence electrons. The quantitative estimate of drug-likeness (QED) is 0.907. The van der Waals surface area contributed by atoms with Crippen LogP contribution >= 0.6 is 22.9 Å². The Hall–Kier alpha value is -1.37. The molecule has 4 nitrogen and oxygen atoms in total. The molecule has 0 spiro atoms. The third kappa shape index (κ3) is 3.84. The van der Waals surface area contributed by atoms with E-state index < -0.39 is 9.84 Å². The van der Waals surface area contributed by atoms with Crippen LogP contribution in [0.2, 0.25) is 5.02 Å². The van der Waals surface area contributed by atoms with Gasteiger partial charge >= 0.3 is 0 Å². The smallest absolute Gasteiger partial charge is 0.253 e. The Morgan fingerprint density at radius 1 is 1.33 bits per heavy atom. The van der Waals surface area contributed by atoms with Gasteiger partial charge in [0.1, 0.15) is 0 Å². The van der Waals surface area contributed by atoms with Gasteiger partial charge in [-0.15, -0.1) is 0 Å². The zero-order valence-electron chi connectivity index (χ0n) is 11.3. The molecule has 0 saturated heterocycles. The maximum atomic E-state index is 12.1. The SMILES string of the molecule is CCS(=O)(=O)c1ccc(Cl)c(C(=O)NCc2ccsc2)c1. The number of nitrogens with one attached hydrogen (secondary N) is 1. The average Bonchev–Trinajstić information content (AvgIpc) is 2.98. The van der Waals surface area contributed by atoms with E-state index >= 15 is 0 Å². The van der Waals surface area contributed by atoms with Crippen molar-refractivity contribution in [1.29, 1.82) is 0 Å². The molecule has 2 rings (SSSR count). The van der Waals surface area contributed by atoms with E-state index in [1.165, 1.54) is 18.2 Å². The highest BCUT2D eigenvalue weighted by Gasteiger charge is 2.17. The van der Waals surface area contributed by atoms with Crippen LogP contribution in [0.1, 0.15) is 22.8 Å². The van der Waals surface area contributed by atoms with Crippen LogP contribution in [-0.2, 0) is 16.4 Å². The lowest BCUT2D eigenvalue weighted by molar-refractivity contribution is 0.0951. The predicted octanol–water partition coefficient (Wildman–Crippen LogP) is 3.13. The first-order valence-electron chi connectivity index (χ1n) is 6.25. The van der Waals surface area contributed by atoms with Gasteiger partial charge in [0.2, 0.25) is 0 Å². The molecule has 2 aromatic rings. The van der Waals surface area contributed by atoms with E-state index in [1.54, 1.807) is 18.3 Å². The Labute approximate surface area is 132 Å². The molecule has 0 saturated carbocycles. The van der Waals surface area contributed by atoms with Crippen LogP contribution in [0, 0.1) is 0 Å². The van der Waals surface area contributed by atoms with Crippen LogP contribution in [-0.4, -0.2) is 20.1 Å². The lowest BCUT2D eigenvalue weighted by atomic mass is 10.2. The Kier molecular flexibility index (Phi) is 5.03. The van der Waals surface area contributed by atoms with Crippen LogP contribution in [0.25, 0.3) is 0 Å². The number of hydrogen-bond acceptors (Lipinski definition) is 4. The van der Waals surface area contributed by atoms with Crippen LogP contribution in [0.4, 0.5) is 0 Å². The number of halogens is 1. The van der Waals surface area contributed by atoms with Crippen molar-refractivity contribution in [1.82, 2.24) is 5.32 Å². The number of rotatable bonds is 5. The molecule has 0 aliphatic rings. The van der Waals surface area contributed by atoms with E-state index in [0.29, 0.717) is 6.54 Å². The second-order valence-electron chi connectivity index (χ2n) is 4.36. The van der Waals surface area contributed by atoms with Crippen molar-refractivity contribution < 1.29 is 13.2 Å². The highest BCUT2D eigenvalue weighted by atomic mass is 35.5. The molecular weight excluding hydrogens is 330 g/mol. The number of carbonyl (C=O) groups excluding carboxylic acids is 1. The zero-order valence-corrected chi connectivity index (χ0v) is 13.7. The van der Waals surface area contributed by atoms with Crippen molar-refractivity contribution >= 4 is 38.7 Å². The van der Waals surface area contributed by atoms with E-state index in [2.05, 4.69) is 5.32 Å². The van der Waals surface area contributed by atoms with Crippen molar-refractivity contribution in [2.24, 2.45) is 0 Å². The number of sulfone groups is 1. The molecule has 0 fully saturated rings. The Morgan fingerprint density at radius 2 is 2.10 bits per heavy atom. The van der Waals surface area contributed by atoms with Gasteiger partial charge in [-0.1, -0.05) is 18.5 Å². The Balaban J connectivity index is 2.22. The normalized spacial score (nSPS) is 11.3. The minimum atomic E-state index is -3.37. The lowest BCUT2D eigenvalue weighted by Gasteiger charge is -2.08. The van der Waals surface area contributed by atoms with Gasteiger partial charge in [-0.3, -0.25) is 4.79 Å². The summed E-state index contributed by atoms with van der Waals surface area (Å²) in [6.45, 7) is 1.93. The number of hydrogen-bond donors (Lipinski definition) is 1. The van der Waals surface area contributed by atoms with Crippen molar-refractivity contribution in [2.75, 3.05) is 5.75 Å². The first-order chi connectivity index (χ1) is 9.94. The number of thiophene rings is 1. The minimum Gasteiger partial charge on any atom is -0.348 e. The second kappa shape index (κ2) is 6.60. The van der Waals surface area contributed by atoms with E-state index in [9.17, 15) is 13.2 Å². The summed E-state index contributed by atoms with van der Waals surface area (Å²) in [6, 6.07) is 6.08. The standard InChI is InChI=1S/C14H14ClNO3S2/c1-2-21(18,19)11-3-4-13(15)12(7-11)14(17)16-8-10-5-6-20-9-10/h3-7,9H,2,8H2,1H3,(H,16,17). The number of amides is 1. The molecule has 0 aliphatic carbocycles. The van der Waals surface area contributed by atoms with Gasteiger partial charge in [-0.2, -0.15) is 11.3 Å². The molecule has 21 heavy (non-hydrogen) atoms. The Bertz CT molecular complexity index is 740. The molecule has 1 aromatic carbocycles. The van der Waals surface area contributed by atoms with E-state index in [-0.39, 0.29) is 27.1 Å². The summed E-state index contributed by atoms with van der Waals surface area (Å²) in [4.78, 5) is 12.2. The molecule has 0 bridgehead atoms. The summed E-state index contributed by atoms with van der Waals surface area (Å²) in [7, 11) is -3.37. The van der Waals surface area contributed by atoms with Crippen LogP contribution in [0.3, 0.4) is 0 Å². The van der Waals surface area contributed by atoms with Gasteiger partial charge in [0.15, 0.2) is 9.84 Å². The first kappa shape index (κ1) is 16.0. The summed E-state index contributed by atoms with van der Waals surface area (Å²) in [5.41, 5.74) is 1.16. The molecular formula is C14H14ClNO3S2. The molecule has 7 heteroatoms. The van der Waals surface area contributed by atoms with Crippen LogP contribution < -0.4 is 5.32 Å². The topological polar surface area (TPSA) is 63.2 Å². The monoisotopic (exact) mass is 343 g/mol. The van der Waals surface area contributed by atoms with E-state index in [1.807, 2.05) is 16.8 Å². The molecule has 1 N–H and O–H groups in total. The van der Waals surface area contributed by atoms with E-state index in [4.69, 9.17) is 11.6 Å². The molecule has 1 amide bonds. The maximum Gasteiger partial charge on any atom is 0.253 e. The van der Waals surface area contributed by atoms with Gasteiger partial charge in [-0.05, 0) is 40.6 Å². The summed E-state index contributed by atoms with van der Waals surface area (Å²) < 4.78 is 23.7. The fourth-order valence-corrected chi connectivity index (χ4v) is 3.49. The van der Waals surface area contributed by atoms with E-state index in [0.717, 1.165) is 5.56 Å². The number of carbonyl (C=O) groups is 1. The average molecular weight is 344 g/mol. The molecule has 0 unspecified atom stereocenters. The summed E-state index contributed by atoms with van der Waals surface area (Å²) in [5.74, 6) is -0.413. The molecule has 0 atom stereocenters. The molecule has 1 aromatic heterocycles. The third-order valence-corrected chi connectivity index (χ3v) is 5.75.